The minimum Gasteiger partial charge on any atom is -0.346 e. The molecule has 1 heterocycles. The molecule has 0 radical (unpaired) electrons. The Morgan fingerprint density at radius 3 is 2.56 bits per heavy atom. The molecular formula is C21H21N3O. The quantitative estimate of drug-likeness (QED) is 0.682. The van der Waals surface area contributed by atoms with Crippen molar-refractivity contribution in [3.05, 3.63) is 70.4 Å². The van der Waals surface area contributed by atoms with Crippen molar-refractivity contribution in [1.29, 1.82) is 5.26 Å². The van der Waals surface area contributed by atoms with Crippen LogP contribution in [0, 0.1) is 32.1 Å². The minimum atomic E-state index is -0.373. The molecule has 0 aliphatic carbocycles. The van der Waals surface area contributed by atoms with Crippen molar-refractivity contribution < 1.29 is 4.79 Å². The topological polar surface area (TPSA) is 56.1 Å². The molecule has 0 bridgehead atoms. The van der Waals surface area contributed by atoms with Gasteiger partial charge in [-0.25, -0.2) is 0 Å². The Bertz CT molecular complexity index is 883. The van der Waals surface area contributed by atoms with Crippen molar-refractivity contribution >= 4 is 17.3 Å². The lowest BCUT2D eigenvalue weighted by molar-refractivity contribution is -0.112. The fraction of sp³-hybridized carbons (Fsp3) is 0.238. The van der Waals surface area contributed by atoms with Crippen molar-refractivity contribution in [2.45, 2.75) is 27.2 Å². The summed E-state index contributed by atoms with van der Waals surface area (Å²) in [5, 5.41) is 12.4. The second-order valence-electron chi connectivity index (χ2n) is 6.45. The van der Waals surface area contributed by atoms with Crippen molar-refractivity contribution in [1.82, 2.24) is 0 Å². The number of fused-ring (bicyclic) bond motifs is 1. The van der Waals surface area contributed by atoms with E-state index in [9.17, 15) is 10.1 Å². The average Bonchev–Trinajstić information content (AvgIpc) is 2.98. The molecule has 126 valence electrons. The summed E-state index contributed by atoms with van der Waals surface area (Å²) in [6.45, 7) is 6.72. The number of carbonyl (C=O) groups is 1. The summed E-state index contributed by atoms with van der Waals surface area (Å²) in [7, 11) is 0. The summed E-state index contributed by atoms with van der Waals surface area (Å²) in [6.07, 6.45) is 2.57. The number of para-hydroxylation sites is 1. The lowest BCUT2D eigenvalue weighted by Crippen LogP contribution is -2.20. The highest BCUT2D eigenvalue weighted by atomic mass is 16.1. The normalized spacial score (nSPS) is 13.4. The van der Waals surface area contributed by atoms with Crippen molar-refractivity contribution in [2.75, 3.05) is 16.8 Å². The number of nitriles is 1. The summed E-state index contributed by atoms with van der Waals surface area (Å²) in [4.78, 5) is 14.6. The van der Waals surface area contributed by atoms with Gasteiger partial charge in [0.05, 0.1) is 0 Å². The van der Waals surface area contributed by atoms with Gasteiger partial charge in [0.2, 0.25) is 0 Å². The lowest BCUT2D eigenvalue weighted by Gasteiger charge is -2.16. The molecule has 0 saturated heterocycles. The molecule has 2 aromatic carbocycles. The largest absolute Gasteiger partial charge is 0.346 e. The number of aryl methyl sites for hydroxylation is 3. The molecule has 0 atom stereocenters. The van der Waals surface area contributed by atoms with Gasteiger partial charge < -0.3 is 10.2 Å². The number of anilines is 2. The van der Waals surface area contributed by atoms with Gasteiger partial charge in [0.1, 0.15) is 11.6 Å². The van der Waals surface area contributed by atoms with E-state index in [1.54, 1.807) is 6.20 Å². The van der Waals surface area contributed by atoms with E-state index in [0.29, 0.717) is 0 Å². The van der Waals surface area contributed by atoms with Gasteiger partial charge in [-0.2, -0.15) is 5.26 Å². The highest BCUT2D eigenvalue weighted by molar-refractivity contribution is 6.07. The van der Waals surface area contributed by atoms with E-state index in [4.69, 9.17) is 0 Å². The average molecular weight is 331 g/mol. The summed E-state index contributed by atoms with van der Waals surface area (Å²) in [5.41, 5.74) is 6.32. The number of benzene rings is 2. The molecule has 0 spiro atoms. The zero-order chi connectivity index (χ0) is 18.0. The number of carbonyl (C=O) groups excluding carboxylic acids is 1. The van der Waals surface area contributed by atoms with E-state index in [1.165, 1.54) is 5.56 Å². The van der Waals surface area contributed by atoms with E-state index >= 15 is 0 Å². The van der Waals surface area contributed by atoms with Gasteiger partial charge in [-0.1, -0.05) is 35.9 Å². The van der Waals surface area contributed by atoms with Crippen LogP contribution in [0.1, 0.15) is 22.3 Å². The fourth-order valence-corrected chi connectivity index (χ4v) is 3.35. The zero-order valence-electron chi connectivity index (χ0n) is 14.8. The van der Waals surface area contributed by atoms with Gasteiger partial charge in [0.25, 0.3) is 5.91 Å². The highest BCUT2D eigenvalue weighted by Gasteiger charge is 2.20. The summed E-state index contributed by atoms with van der Waals surface area (Å²) in [6, 6.07) is 14.2. The van der Waals surface area contributed by atoms with Gasteiger partial charge in [-0.3, -0.25) is 4.79 Å². The smallest absolute Gasteiger partial charge is 0.267 e. The Balaban J connectivity index is 1.85. The lowest BCUT2D eigenvalue weighted by atomic mass is 10.0. The number of hydrogen-bond acceptors (Lipinski definition) is 3. The van der Waals surface area contributed by atoms with Crippen molar-refractivity contribution in [3.8, 4) is 6.07 Å². The van der Waals surface area contributed by atoms with E-state index in [0.717, 1.165) is 41.0 Å². The molecule has 0 fully saturated rings. The van der Waals surface area contributed by atoms with Gasteiger partial charge in [-0.05, 0) is 49.9 Å². The third-order valence-electron chi connectivity index (χ3n) is 4.49. The molecule has 0 aromatic heterocycles. The Morgan fingerprint density at radius 1 is 1.20 bits per heavy atom. The molecule has 1 aliphatic heterocycles. The van der Waals surface area contributed by atoms with Crippen LogP contribution in [-0.4, -0.2) is 12.5 Å². The van der Waals surface area contributed by atoms with Crippen LogP contribution in [0.3, 0.4) is 0 Å². The molecular weight excluding hydrogens is 310 g/mol. The molecule has 4 nitrogen and oxygen atoms in total. The second-order valence-corrected chi connectivity index (χ2v) is 6.45. The second kappa shape index (κ2) is 6.82. The predicted molar refractivity (Wildman–Crippen MR) is 100 cm³/mol. The van der Waals surface area contributed by atoms with Crippen LogP contribution in [0.15, 0.2) is 48.2 Å². The van der Waals surface area contributed by atoms with Crippen LogP contribution in [-0.2, 0) is 11.2 Å². The first-order valence-electron chi connectivity index (χ1n) is 8.35. The number of hydrogen-bond donors (Lipinski definition) is 1. The molecule has 25 heavy (non-hydrogen) atoms. The van der Waals surface area contributed by atoms with Gasteiger partial charge in [0, 0.05) is 24.1 Å². The molecule has 2 aromatic rings. The minimum absolute atomic E-state index is 0.107. The number of amides is 1. The maximum Gasteiger partial charge on any atom is 0.267 e. The van der Waals surface area contributed by atoms with E-state index in [1.807, 2.05) is 62.1 Å². The first kappa shape index (κ1) is 16.8. The molecule has 1 N–H and O–H groups in total. The summed E-state index contributed by atoms with van der Waals surface area (Å²) in [5.74, 6) is -0.373. The molecule has 0 unspecified atom stereocenters. The zero-order valence-corrected chi connectivity index (χ0v) is 14.8. The van der Waals surface area contributed by atoms with Crippen LogP contribution in [0.4, 0.5) is 11.4 Å². The maximum absolute atomic E-state index is 12.6. The van der Waals surface area contributed by atoms with Crippen molar-refractivity contribution in [2.24, 2.45) is 0 Å². The monoisotopic (exact) mass is 331 g/mol. The number of rotatable bonds is 3. The number of nitrogens with zero attached hydrogens (tertiary/aromatic N) is 2. The van der Waals surface area contributed by atoms with Crippen LogP contribution in [0.2, 0.25) is 0 Å². The van der Waals surface area contributed by atoms with E-state index in [-0.39, 0.29) is 11.5 Å². The summed E-state index contributed by atoms with van der Waals surface area (Å²) < 4.78 is 0. The SMILES string of the molecule is Cc1cc(C)c(NC(=O)/C(C#N)=C\N2CCc3ccccc32)c(C)c1. The Kier molecular flexibility index (Phi) is 4.58. The van der Waals surface area contributed by atoms with Crippen LogP contribution < -0.4 is 10.2 Å². The molecule has 3 rings (SSSR count). The van der Waals surface area contributed by atoms with Crippen LogP contribution in [0.25, 0.3) is 0 Å². The van der Waals surface area contributed by atoms with Crippen LogP contribution in [0.5, 0.6) is 0 Å². The molecule has 4 heteroatoms. The summed E-state index contributed by atoms with van der Waals surface area (Å²) >= 11 is 0. The fourth-order valence-electron chi connectivity index (χ4n) is 3.35. The first-order valence-corrected chi connectivity index (χ1v) is 8.35. The first-order chi connectivity index (χ1) is 12.0. The third kappa shape index (κ3) is 3.41. The van der Waals surface area contributed by atoms with Gasteiger partial charge >= 0.3 is 0 Å². The van der Waals surface area contributed by atoms with Gasteiger partial charge in [0.15, 0.2) is 0 Å². The predicted octanol–water partition coefficient (Wildman–Crippen LogP) is 4.02. The standard InChI is InChI=1S/C21H21N3O/c1-14-10-15(2)20(16(3)11-14)23-21(25)18(12-22)13-24-9-8-17-6-4-5-7-19(17)24/h4-7,10-11,13H,8-9H2,1-3H3,(H,23,25)/b18-13-. The van der Waals surface area contributed by atoms with Crippen LogP contribution >= 0.6 is 0 Å². The Labute approximate surface area is 148 Å². The molecule has 1 amide bonds. The highest BCUT2D eigenvalue weighted by Crippen LogP contribution is 2.28. The Morgan fingerprint density at radius 2 is 1.88 bits per heavy atom. The van der Waals surface area contributed by atoms with Gasteiger partial charge in [-0.15, -0.1) is 0 Å². The van der Waals surface area contributed by atoms with E-state index < -0.39 is 0 Å². The molecule has 0 saturated carbocycles. The Hall–Kier alpha value is -3.06. The van der Waals surface area contributed by atoms with E-state index in [2.05, 4.69) is 11.4 Å². The maximum atomic E-state index is 12.6. The molecule has 1 aliphatic rings. The van der Waals surface area contributed by atoms with Crippen molar-refractivity contribution in [3.63, 3.8) is 0 Å². The third-order valence-corrected chi connectivity index (χ3v) is 4.49. The number of nitrogens with one attached hydrogen (secondary N) is 1.